The first kappa shape index (κ1) is 15.7. The van der Waals surface area contributed by atoms with Crippen LogP contribution in [0.1, 0.15) is 24.2 Å². The van der Waals surface area contributed by atoms with Crippen molar-refractivity contribution >= 4 is 22.6 Å². The van der Waals surface area contributed by atoms with Gasteiger partial charge in [0.2, 0.25) is 0 Å². The first-order valence-electron chi connectivity index (χ1n) is 6.56. The number of aromatic nitrogens is 1. The number of halogens is 1. The van der Waals surface area contributed by atoms with Crippen LogP contribution in [0.4, 0.5) is 4.39 Å². The zero-order valence-corrected chi connectivity index (χ0v) is 12.3. The maximum Gasteiger partial charge on any atom is 0.267 e. The second-order valence-corrected chi connectivity index (χ2v) is 5.06. The fourth-order valence-electron chi connectivity index (χ4n) is 2.07. The third-order valence-corrected chi connectivity index (χ3v) is 3.52. The molecule has 1 amide bonds. The molecule has 0 aliphatic heterocycles. The predicted molar refractivity (Wildman–Crippen MR) is 78.4 cm³/mol. The number of aromatic hydroxyl groups is 1. The predicted octanol–water partition coefficient (Wildman–Crippen LogP) is 1.09. The van der Waals surface area contributed by atoms with E-state index in [1.165, 1.54) is 27.0 Å². The average molecular weight is 306 g/mol. The number of pyridine rings is 1. The van der Waals surface area contributed by atoms with Crippen LogP contribution in [-0.2, 0) is 11.8 Å². The van der Waals surface area contributed by atoms with Gasteiger partial charge in [-0.25, -0.2) is 4.39 Å². The van der Waals surface area contributed by atoms with Gasteiger partial charge in [-0.15, -0.1) is 0 Å². The van der Waals surface area contributed by atoms with E-state index in [-0.39, 0.29) is 16.7 Å². The quantitative estimate of drug-likeness (QED) is 0.888. The molecule has 0 radical (unpaired) electrons. The van der Waals surface area contributed by atoms with Crippen LogP contribution in [0.15, 0.2) is 23.0 Å². The van der Waals surface area contributed by atoms with Crippen LogP contribution in [0, 0.1) is 5.82 Å². The molecule has 0 spiro atoms. The number of rotatable bonds is 3. The minimum atomic E-state index is -0.855. The number of ketones is 1. The van der Waals surface area contributed by atoms with Crippen LogP contribution >= 0.6 is 0 Å². The SMILES string of the molecule is CC(=O)[C@H](C)NC(=O)c1c(O)c2ccc(F)cc2n(C)c1=O. The summed E-state index contributed by atoms with van der Waals surface area (Å²) in [4.78, 5) is 35.6. The zero-order valence-electron chi connectivity index (χ0n) is 12.3. The Hall–Kier alpha value is -2.70. The topological polar surface area (TPSA) is 88.4 Å². The molecule has 1 aromatic carbocycles. The second kappa shape index (κ2) is 5.59. The molecule has 1 aromatic heterocycles. The van der Waals surface area contributed by atoms with Gasteiger partial charge < -0.3 is 15.0 Å². The standard InChI is InChI=1S/C15H15FN2O4/c1-7(8(2)19)17-14(21)12-13(20)10-5-4-9(16)6-11(10)18(3)15(12)22/h4-7,20H,1-3H3,(H,17,21)/t7-/m0/s1. The molecule has 6 nitrogen and oxygen atoms in total. The van der Waals surface area contributed by atoms with Crippen molar-refractivity contribution in [3.63, 3.8) is 0 Å². The van der Waals surface area contributed by atoms with Crippen molar-refractivity contribution in [1.82, 2.24) is 9.88 Å². The molecule has 22 heavy (non-hydrogen) atoms. The van der Waals surface area contributed by atoms with E-state index in [1.54, 1.807) is 0 Å². The number of benzene rings is 1. The molecule has 0 saturated heterocycles. The molecular formula is C15H15FN2O4. The van der Waals surface area contributed by atoms with Crippen molar-refractivity contribution in [2.24, 2.45) is 7.05 Å². The maximum absolute atomic E-state index is 13.3. The summed E-state index contributed by atoms with van der Waals surface area (Å²) in [6.07, 6.45) is 0. The molecule has 0 bridgehead atoms. The molecule has 7 heteroatoms. The molecule has 2 aromatic rings. The lowest BCUT2D eigenvalue weighted by Gasteiger charge is -2.14. The Labute approximate surface area is 125 Å². The summed E-state index contributed by atoms with van der Waals surface area (Å²) in [5, 5.41) is 12.7. The molecule has 116 valence electrons. The van der Waals surface area contributed by atoms with Crippen LogP contribution in [-0.4, -0.2) is 27.4 Å². The number of fused-ring (bicyclic) bond motifs is 1. The lowest BCUT2D eigenvalue weighted by Crippen LogP contribution is -2.40. The number of hydrogen-bond donors (Lipinski definition) is 2. The van der Waals surface area contributed by atoms with Gasteiger partial charge in [0.1, 0.15) is 17.1 Å². The zero-order chi connectivity index (χ0) is 16.6. The molecule has 1 atom stereocenters. The van der Waals surface area contributed by atoms with Gasteiger partial charge in [-0.2, -0.15) is 0 Å². The Morgan fingerprint density at radius 1 is 1.36 bits per heavy atom. The summed E-state index contributed by atoms with van der Waals surface area (Å²) in [5.74, 6) is -2.24. The van der Waals surface area contributed by atoms with Gasteiger partial charge in [0.15, 0.2) is 5.78 Å². The van der Waals surface area contributed by atoms with E-state index in [9.17, 15) is 23.9 Å². The number of nitrogens with zero attached hydrogens (tertiary/aromatic N) is 1. The maximum atomic E-state index is 13.3. The van der Waals surface area contributed by atoms with Gasteiger partial charge in [0.25, 0.3) is 11.5 Å². The number of carbonyl (C=O) groups excluding carboxylic acids is 2. The third-order valence-electron chi connectivity index (χ3n) is 3.52. The highest BCUT2D eigenvalue weighted by Crippen LogP contribution is 2.26. The van der Waals surface area contributed by atoms with E-state index in [4.69, 9.17) is 0 Å². The number of nitrogens with one attached hydrogen (secondary N) is 1. The average Bonchev–Trinajstić information content (AvgIpc) is 2.44. The lowest BCUT2D eigenvalue weighted by molar-refractivity contribution is -0.118. The van der Waals surface area contributed by atoms with Crippen LogP contribution in [0.25, 0.3) is 10.9 Å². The molecule has 0 unspecified atom stereocenters. The van der Waals surface area contributed by atoms with E-state index in [0.717, 1.165) is 16.7 Å². The van der Waals surface area contributed by atoms with Gasteiger partial charge in [-0.05, 0) is 32.0 Å². The van der Waals surface area contributed by atoms with Crippen molar-refractivity contribution in [1.29, 1.82) is 0 Å². The van der Waals surface area contributed by atoms with E-state index in [1.807, 2.05) is 0 Å². The smallest absolute Gasteiger partial charge is 0.267 e. The summed E-state index contributed by atoms with van der Waals surface area (Å²) in [6.45, 7) is 2.77. The van der Waals surface area contributed by atoms with Crippen molar-refractivity contribution < 1.29 is 19.1 Å². The summed E-state index contributed by atoms with van der Waals surface area (Å²) in [6, 6.07) is 2.70. The highest BCUT2D eigenvalue weighted by atomic mass is 19.1. The third kappa shape index (κ3) is 2.57. The van der Waals surface area contributed by atoms with Crippen molar-refractivity contribution in [2.75, 3.05) is 0 Å². The molecule has 0 fully saturated rings. The number of amides is 1. The summed E-state index contributed by atoms with van der Waals surface area (Å²) in [7, 11) is 1.37. The molecule has 2 rings (SSSR count). The Morgan fingerprint density at radius 3 is 2.59 bits per heavy atom. The largest absolute Gasteiger partial charge is 0.506 e. The lowest BCUT2D eigenvalue weighted by atomic mass is 10.1. The molecule has 2 N–H and O–H groups in total. The van der Waals surface area contributed by atoms with Crippen LogP contribution < -0.4 is 10.9 Å². The van der Waals surface area contributed by atoms with Crippen LogP contribution in [0.5, 0.6) is 5.75 Å². The van der Waals surface area contributed by atoms with Crippen molar-refractivity contribution in [3.8, 4) is 5.75 Å². The highest BCUT2D eigenvalue weighted by molar-refractivity contribution is 6.03. The molecule has 0 saturated carbocycles. The van der Waals surface area contributed by atoms with Crippen LogP contribution in [0.3, 0.4) is 0 Å². The van der Waals surface area contributed by atoms with Gasteiger partial charge in [-0.3, -0.25) is 14.4 Å². The summed E-state index contributed by atoms with van der Waals surface area (Å²) in [5.41, 5.74) is -1.09. The first-order chi connectivity index (χ1) is 10.2. The Kier molecular flexibility index (Phi) is 3.99. The van der Waals surface area contributed by atoms with Gasteiger partial charge >= 0.3 is 0 Å². The molecule has 0 aliphatic carbocycles. The Morgan fingerprint density at radius 2 is 2.00 bits per heavy atom. The number of carbonyl (C=O) groups is 2. The number of aryl methyl sites for hydroxylation is 1. The minimum absolute atomic E-state index is 0.165. The Balaban J connectivity index is 2.65. The normalized spacial score (nSPS) is 12.2. The number of hydrogen-bond acceptors (Lipinski definition) is 4. The highest BCUT2D eigenvalue weighted by Gasteiger charge is 2.23. The van der Waals surface area contributed by atoms with E-state index in [2.05, 4.69) is 5.32 Å². The fraction of sp³-hybridized carbons (Fsp3) is 0.267. The minimum Gasteiger partial charge on any atom is -0.506 e. The van der Waals surface area contributed by atoms with Crippen molar-refractivity contribution in [3.05, 3.63) is 39.9 Å². The van der Waals surface area contributed by atoms with Gasteiger partial charge in [0, 0.05) is 12.4 Å². The molecule has 1 heterocycles. The van der Waals surface area contributed by atoms with Gasteiger partial charge in [-0.1, -0.05) is 0 Å². The monoisotopic (exact) mass is 306 g/mol. The second-order valence-electron chi connectivity index (χ2n) is 5.06. The van der Waals surface area contributed by atoms with Crippen LogP contribution in [0.2, 0.25) is 0 Å². The van der Waals surface area contributed by atoms with E-state index >= 15 is 0 Å². The summed E-state index contributed by atoms with van der Waals surface area (Å²) < 4.78 is 14.4. The van der Waals surface area contributed by atoms with Crippen molar-refractivity contribution in [2.45, 2.75) is 19.9 Å². The fourth-order valence-corrected chi connectivity index (χ4v) is 2.07. The van der Waals surface area contributed by atoms with Gasteiger partial charge in [0.05, 0.1) is 11.6 Å². The number of Topliss-reactive ketones (excluding diaryl/α,β-unsaturated/α-hetero) is 1. The first-order valence-corrected chi connectivity index (χ1v) is 6.56. The van der Waals surface area contributed by atoms with E-state index < -0.39 is 34.6 Å². The summed E-state index contributed by atoms with van der Waals surface area (Å²) >= 11 is 0. The Bertz CT molecular complexity index is 842. The molecule has 0 aliphatic rings. The van der Waals surface area contributed by atoms with E-state index in [0.29, 0.717) is 0 Å². The molecular weight excluding hydrogens is 291 g/mol.